The van der Waals surface area contributed by atoms with Crippen LogP contribution in [0.4, 0.5) is 0 Å². The second-order valence-electron chi connectivity index (χ2n) is 21.9. The van der Waals surface area contributed by atoms with Crippen LogP contribution in [0.15, 0.2) is 303 Å². The van der Waals surface area contributed by atoms with Crippen LogP contribution in [0.3, 0.4) is 0 Å². The minimum absolute atomic E-state index is 0.548. The summed E-state index contributed by atoms with van der Waals surface area (Å²) in [6, 6.07) is 105. The van der Waals surface area contributed by atoms with Crippen molar-refractivity contribution in [2.75, 3.05) is 0 Å². The van der Waals surface area contributed by atoms with Gasteiger partial charge in [-0.1, -0.05) is 188 Å². The molecule has 0 aliphatic heterocycles. The fraction of sp³-hybridized carbons (Fsp3) is 0. The Balaban J connectivity index is 0.909. The summed E-state index contributed by atoms with van der Waals surface area (Å²) in [6.45, 7) is 0. The molecule has 7 heterocycles. The highest BCUT2D eigenvalue weighted by Crippen LogP contribution is 2.43. The molecule has 8 heteroatoms. The zero-order chi connectivity index (χ0) is 58.5. The molecule has 9 aromatic carbocycles. The average molecular weight is 1120 g/mol. The summed E-state index contributed by atoms with van der Waals surface area (Å²) >= 11 is 0. The molecule has 0 unspecified atom stereocenters. The number of aromatic nitrogens is 7. The molecule has 0 radical (unpaired) electrons. The molecule has 410 valence electrons. The summed E-state index contributed by atoms with van der Waals surface area (Å²) < 4.78 is 4.55. The molecule has 0 saturated carbocycles. The largest absolute Gasteiger partial charge is 0.307 e. The van der Waals surface area contributed by atoms with Crippen molar-refractivity contribution in [3.8, 4) is 119 Å². The molecule has 88 heavy (non-hydrogen) atoms. The number of nitrogens with zero attached hydrogens (tertiary/aromatic N) is 8. The average Bonchev–Trinajstić information content (AvgIpc) is 1.81. The topological polar surface area (TPSA) is 98.1 Å². The summed E-state index contributed by atoms with van der Waals surface area (Å²) in [4.78, 5) is 26.4. The molecule has 8 nitrogen and oxygen atoms in total. The Morgan fingerprint density at radius 1 is 0.261 bits per heavy atom. The van der Waals surface area contributed by atoms with E-state index in [0.717, 1.165) is 150 Å². The Hall–Kier alpha value is -12.2. The van der Waals surface area contributed by atoms with Gasteiger partial charge in [0.2, 0.25) is 0 Å². The van der Waals surface area contributed by atoms with Crippen LogP contribution in [0.25, 0.3) is 156 Å². The number of hydrogen-bond acceptors (Lipinski definition) is 6. The summed E-state index contributed by atoms with van der Waals surface area (Å²) in [5.74, 6) is 0.694. The Morgan fingerprint density at radius 3 is 0.909 bits per heavy atom. The van der Waals surface area contributed by atoms with Crippen LogP contribution in [-0.4, -0.2) is 34.1 Å². The maximum Gasteiger partial charge on any atom is 0.138 e. The molecule has 0 N–H and O–H groups in total. The smallest absolute Gasteiger partial charge is 0.138 e. The van der Waals surface area contributed by atoms with Gasteiger partial charge >= 0.3 is 0 Å². The van der Waals surface area contributed by atoms with Gasteiger partial charge in [0.15, 0.2) is 0 Å². The number of benzene rings is 9. The van der Waals surface area contributed by atoms with Crippen LogP contribution in [0.1, 0.15) is 5.56 Å². The molecule has 16 aromatic rings. The van der Waals surface area contributed by atoms with E-state index in [1.54, 1.807) is 0 Å². The van der Waals surface area contributed by atoms with Crippen LogP contribution in [0.2, 0.25) is 0 Å². The third-order valence-corrected chi connectivity index (χ3v) is 16.7. The second-order valence-corrected chi connectivity index (χ2v) is 21.9. The van der Waals surface area contributed by atoms with Gasteiger partial charge in [-0.25, -0.2) is 24.9 Å². The van der Waals surface area contributed by atoms with E-state index in [4.69, 9.17) is 24.9 Å². The number of pyridine rings is 5. The zero-order valence-electron chi connectivity index (χ0n) is 47.4. The summed E-state index contributed by atoms with van der Waals surface area (Å²) in [7, 11) is 0. The number of nitriles is 1. The second kappa shape index (κ2) is 21.8. The molecule has 0 aliphatic rings. The van der Waals surface area contributed by atoms with Gasteiger partial charge in [0.25, 0.3) is 0 Å². The third kappa shape index (κ3) is 9.24. The first-order valence-corrected chi connectivity index (χ1v) is 29.4. The quantitative estimate of drug-likeness (QED) is 0.128. The van der Waals surface area contributed by atoms with Gasteiger partial charge in [-0.3, -0.25) is 4.57 Å². The lowest BCUT2D eigenvalue weighted by molar-refractivity contribution is 1.06. The maximum atomic E-state index is 10.9. The third-order valence-electron chi connectivity index (χ3n) is 16.7. The molecule has 0 saturated heterocycles. The molecule has 0 aliphatic carbocycles. The SMILES string of the molecule is N#Cc1ccccc1-c1cc(-n2c3ccc(-c4cccc(-c5ccccc5)n4)cc3c3cc(-c4cccc(-c5ccccc5)n4)ccc32)ncc1-n1c2ccc(-c3cccc(-c4ccccc4)n3)cc2c2cc(-c3cccc(-c4ccccc4)n3)ccc21. The van der Waals surface area contributed by atoms with Crippen LogP contribution in [-0.2, 0) is 0 Å². The predicted octanol–water partition coefficient (Wildman–Crippen LogP) is 19.7. The van der Waals surface area contributed by atoms with Crippen LogP contribution >= 0.6 is 0 Å². The highest BCUT2D eigenvalue weighted by Gasteiger charge is 2.23. The number of fused-ring (bicyclic) bond motifs is 6. The van der Waals surface area contributed by atoms with E-state index in [-0.39, 0.29) is 0 Å². The van der Waals surface area contributed by atoms with E-state index in [9.17, 15) is 5.26 Å². The van der Waals surface area contributed by atoms with Gasteiger partial charge in [-0.15, -0.1) is 0 Å². The summed E-state index contributed by atoms with van der Waals surface area (Å²) in [5.41, 5.74) is 22.1. The van der Waals surface area contributed by atoms with Gasteiger partial charge in [0, 0.05) is 77.2 Å². The minimum atomic E-state index is 0.548. The van der Waals surface area contributed by atoms with Gasteiger partial charge in [0.1, 0.15) is 5.82 Å². The van der Waals surface area contributed by atoms with Crippen molar-refractivity contribution in [1.29, 1.82) is 5.26 Å². The van der Waals surface area contributed by atoms with Gasteiger partial charge < -0.3 is 4.57 Å². The molecular weight excluding hydrogens is 1070 g/mol. The number of hydrogen-bond donors (Lipinski definition) is 0. The van der Waals surface area contributed by atoms with Crippen molar-refractivity contribution >= 4 is 43.6 Å². The van der Waals surface area contributed by atoms with E-state index in [1.807, 2.05) is 103 Å². The molecule has 0 fully saturated rings. The fourth-order valence-corrected chi connectivity index (χ4v) is 12.4. The molecule has 0 spiro atoms. The highest BCUT2D eigenvalue weighted by atomic mass is 15.1. The zero-order valence-corrected chi connectivity index (χ0v) is 47.4. The molecule has 0 bridgehead atoms. The van der Waals surface area contributed by atoms with E-state index in [2.05, 4.69) is 215 Å². The molecule has 0 amide bonds. The minimum Gasteiger partial charge on any atom is -0.307 e. The van der Waals surface area contributed by atoms with Crippen molar-refractivity contribution in [2.45, 2.75) is 0 Å². The van der Waals surface area contributed by atoms with Crippen molar-refractivity contribution in [1.82, 2.24) is 34.1 Å². The van der Waals surface area contributed by atoms with Crippen molar-refractivity contribution < 1.29 is 0 Å². The Labute approximate surface area is 507 Å². The van der Waals surface area contributed by atoms with Crippen LogP contribution in [0, 0.1) is 11.3 Å². The lowest BCUT2D eigenvalue weighted by Gasteiger charge is -2.17. The van der Waals surface area contributed by atoms with Crippen molar-refractivity contribution in [2.24, 2.45) is 0 Å². The monoisotopic (exact) mass is 1120 g/mol. The van der Waals surface area contributed by atoms with E-state index in [0.29, 0.717) is 11.4 Å². The summed E-state index contributed by atoms with van der Waals surface area (Å²) in [6.07, 6.45) is 1.98. The lowest BCUT2D eigenvalue weighted by Crippen LogP contribution is -2.04. The van der Waals surface area contributed by atoms with E-state index < -0.39 is 0 Å². The molecule has 16 rings (SSSR count). The Morgan fingerprint density at radius 2 is 0.568 bits per heavy atom. The Kier molecular flexibility index (Phi) is 12.7. The van der Waals surface area contributed by atoms with E-state index in [1.165, 1.54) is 0 Å². The lowest BCUT2D eigenvalue weighted by atomic mass is 9.99. The molecule has 7 aromatic heterocycles. The van der Waals surface area contributed by atoms with Gasteiger partial charge in [0.05, 0.1) is 91.1 Å². The van der Waals surface area contributed by atoms with Gasteiger partial charge in [-0.2, -0.15) is 5.26 Å². The van der Waals surface area contributed by atoms with Crippen LogP contribution < -0.4 is 0 Å². The van der Waals surface area contributed by atoms with Crippen molar-refractivity contribution in [3.05, 3.63) is 309 Å². The summed E-state index contributed by atoms with van der Waals surface area (Å²) in [5, 5.41) is 15.1. The predicted molar refractivity (Wildman–Crippen MR) is 358 cm³/mol. The fourth-order valence-electron chi connectivity index (χ4n) is 12.4. The Bertz CT molecular complexity index is 5110. The molecular formula is C80H50N8. The number of rotatable bonds is 11. The normalized spacial score (nSPS) is 11.4. The standard InChI is InChI=1S/C80H50N8/c81-50-60-27-13-14-28-61(60)66-49-80(88-77-43-39-58(73-35-17-31-69(85-73)54-23-9-3-10-24-54)47-64(77)65-48-59(40-44-78(65)88)74-36-18-32-70(86-74)55-25-11-4-12-26-55)82-51-79(66)87-75-41-37-56(71-33-15-29-67(83-71)52-19-5-1-6-20-52)45-62(75)63-46-57(38-42-76(63)87)72-34-16-30-68(84-72)53-21-7-2-8-22-53/h1-49,51H. The first-order valence-electron chi connectivity index (χ1n) is 29.4. The van der Waals surface area contributed by atoms with E-state index >= 15 is 0 Å². The van der Waals surface area contributed by atoms with Crippen molar-refractivity contribution in [3.63, 3.8) is 0 Å². The maximum absolute atomic E-state index is 10.9. The first kappa shape index (κ1) is 51.5. The highest BCUT2D eigenvalue weighted by molar-refractivity contribution is 6.13. The van der Waals surface area contributed by atoms with Gasteiger partial charge in [-0.05, 0) is 109 Å². The van der Waals surface area contributed by atoms with Crippen LogP contribution in [0.5, 0.6) is 0 Å². The first-order chi connectivity index (χ1) is 43.6. The molecule has 0 atom stereocenters.